The normalized spacial score (nSPS) is 16.6. The molecule has 0 radical (unpaired) electrons. The second-order valence-electron chi connectivity index (χ2n) is 6.48. The Bertz CT molecular complexity index is 967. The number of hydrogen-bond acceptors (Lipinski definition) is 5. The second kappa shape index (κ2) is 5.77. The predicted molar refractivity (Wildman–Crippen MR) is 97.5 cm³/mol. The number of carbonyl (C=O) groups excluding carboxylic acids is 1. The minimum Gasteiger partial charge on any atom is -0.310 e. The maximum atomic E-state index is 12.4. The molecule has 3 aromatic heterocycles. The summed E-state index contributed by atoms with van der Waals surface area (Å²) < 4.78 is 1.66. The van der Waals surface area contributed by atoms with Gasteiger partial charge >= 0.3 is 0 Å². The van der Waals surface area contributed by atoms with Crippen molar-refractivity contribution in [2.24, 2.45) is 0 Å². The number of aromatic nitrogens is 4. The number of anilines is 1. The smallest absolute Gasteiger partial charge is 0.252 e. The van der Waals surface area contributed by atoms with Gasteiger partial charge in [0.15, 0.2) is 0 Å². The first-order chi connectivity index (χ1) is 11.9. The van der Waals surface area contributed by atoms with Crippen LogP contribution in [0, 0.1) is 27.7 Å². The van der Waals surface area contributed by atoms with Gasteiger partial charge in [0.05, 0.1) is 5.69 Å². The third-order valence-electron chi connectivity index (χ3n) is 4.48. The molecule has 1 N–H and O–H groups in total. The molecule has 0 saturated heterocycles. The molecule has 3 aromatic rings. The van der Waals surface area contributed by atoms with Crippen molar-refractivity contribution in [2.45, 2.75) is 40.0 Å². The Morgan fingerprint density at radius 3 is 2.56 bits per heavy atom. The van der Waals surface area contributed by atoms with E-state index in [-0.39, 0.29) is 11.8 Å². The number of nitrogens with zero attached hydrogens (tertiary/aromatic N) is 4. The zero-order valence-corrected chi connectivity index (χ0v) is 15.4. The molecule has 1 aliphatic rings. The standard InChI is InChI=1S/C18H19N5OS/c1-9-5-6-25-16(9)13-8-14(24)21-17-15(13)12(4)22-23(17)18-19-10(2)7-11(3)20-18/h5-7,13H,8H2,1-4H3,(H,21,24). The third kappa shape index (κ3) is 2.64. The third-order valence-corrected chi connectivity index (χ3v) is 5.61. The van der Waals surface area contributed by atoms with E-state index < -0.39 is 0 Å². The topological polar surface area (TPSA) is 72.7 Å². The number of aryl methyl sites for hydroxylation is 4. The lowest BCUT2D eigenvalue weighted by Gasteiger charge is -2.23. The van der Waals surface area contributed by atoms with Crippen molar-refractivity contribution in [3.8, 4) is 5.95 Å². The molecule has 6 nitrogen and oxygen atoms in total. The fraction of sp³-hybridized carbons (Fsp3) is 0.333. The molecule has 0 fully saturated rings. The molecule has 1 atom stereocenters. The van der Waals surface area contributed by atoms with Gasteiger partial charge in [-0.1, -0.05) is 0 Å². The van der Waals surface area contributed by atoms with Crippen LogP contribution in [0.5, 0.6) is 0 Å². The van der Waals surface area contributed by atoms with E-state index in [1.165, 1.54) is 10.4 Å². The van der Waals surface area contributed by atoms with Gasteiger partial charge < -0.3 is 5.32 Å². The Morgan fingerprint density at radius 1 is 1.20 bits per heavy atom. The molecule has 0 spiro atoms. The summed E-state index contributed by atoms with van der Waals surface area (Å²) in [5, 5.41) is 9.71. The van der Waals surface area contributed by atoms with Crippen LogP contribution in [0.15, 0.2) is 17.5 Å². The largest absolute Gasteiger partial charge is 0.310 e. The van der Waals surface area contributed by atoms with Gasteiger partial charge in [-0.05, 0) is 50.8 Å². The van der Waals surface area contributed by atoms with Gasteiger partial charge in [-0.3, -0.25) is 4.79 Å². The lowest BCUT2D eigenvalue weighted by Crippen LogP contribution is -2.25. The average molecular weight is 353 g/mol. The summed E-state index contributed by atoms with van der Waals surface area (Å²) in [4.78, 5) is 22.6. The van der Waals surface area contributed by atoms with E-state index in [1.807, 2.05) is 26.8 Å². The highest BCUT2D eigenvalue weighted by atomic mass is 32.1. The molecular weight excluding hydrogens is 334 g/mol. The van der Waals surface area contributed by atoms with Gasteiger partial charge in [-0.25, -0.2) is 9.97 Å². The zero-order valence-electron chi connectivity index (χ0n) is 14.6. The summed E-state index contributed by atoms with van der Waals surface area (Å²) in [6.07, 6.45) is 0.439. The van der Waals surface area contributed by atoms with Crippen LogP contribution in [-0.2, 0) is 4.79 Å². The van der Waals surface area contributed by atoms with Crippen LogP contribution in [0.25, 0.3) is 5.95 Å². The molecule has 0 aromatic carbocycles. The second-order valence-corrected chi connectivity index (χ2v) is 7.43. The van der Waals surface area contributed by atoms with Crippen molar-refractivity contribution in [1.82, 2.24) is 19.7 Å². The van der Waals surface area contributed by atoms with E-state index in [9.17, 15) is 4.79 Å². The fourth-order valence-electron chi connectivity index (χ4n) is 3.46. The molecule has 25 heavy (non-hydrogen) atoms. The lowest BCUT2D eigenvalue weighted by atomic mass is 9.89. The Balaban J connectivity index is 1.92. The highest BCUT2D eigenvalue weighted by molar-refractivity contribution is 7.10. The number of fused-ring (bicyclic) bond motifs is 1. The number of nitrogens with one attached hydrogen (secondary N) is 1. The maximum absolute atomic E-state index is 12.4. The van der Waals surface area contributed by atoms with Crippen LogP contribution >= 0.6 is 11.3 Å². The van der Waals surface area contributed by atoms with Crippen molar-refractivity contribution in [3.63, 3.8) is 0 Å². The quantitative estimate of drug-likeness (QED) is 0.766. The summed E-state index contributed by atoms with van der Waals surface area (Å²) in [5.41, 5.74) is 4.92. The number of thiophene rings is 1. The highest BCUT2D eigenvalue weighted by Gasteiger charge is 2.34. The highest BCUT2D eigenvalue weighted by Crippen LogP contribution is 2.42. The van der Waals surface area contributed by atoms with Crippen LogP contribution in [0.1, 0.15) is 45.4 Å². The van der Waals surface area contributed by atoms with Gasteiger partial charge in [0, 0.05) is 34.2 Å². The molecule has 7 heteroatoms. The van der Waals surface area contributed by atoms with Gasteiger partial charge in [-0.15, -0.1) is 11.3 Å². The molecule has 0 aliphatic carbocycles. The predicted octanol–water partition coefficient (Wildman–Crippen LogP) is 3.43. The van der Waals surface area contributed by atoms with Gasteiger partial charge in [0.1, 0.15) is 5.82 Å². The van der Waals surface area contributed by atoms with Gasteiger partial charge in [0.25, 0.3) is 5.95 Å². The molecule has 4 rings (SSSR count). The Kier molecular flexibility index (Phi) is 3.68. The van der Waals surface area contributed by atoms with Crippen molar-refractivity contribution in [3.05, 3.63) is 50.6 Å². The van der Waals surface area contributed by atoms with Gasteiger partial charge in [0.2, 0.25) is 5.91 Å². The SMILES string of the molecule is Cc1cc(C)nc(-n2nc(C)c3c2NC(=O)CC3c2sccc2C)n1. The molecule has 0 bridgehead atoms. The molecule has 1 amide bonds. The minimum absolute atomic E-state index is 0.00387. The Morgan fingerprint density at radius 2 is 1.92 bits per heavy atom. The van der Waals surface area contributed by atoms with Crippen LogP contribution in [0.2, 0.25) is 0 Å². The molecule has 1 aliphatic heterocycles. The number of amides is 1. The van der Waals surface area contributed by atoms with Crippen molar-refractivity contribution in [2.75, 3.05) is 5.32 Å². The van der Waals surface area contributed by atoms with E-state index in [2.05, 4.69) is 38.8 Å². The number of carbonyl (C=O) groups is 1. The lowest BCUT2D eigenvalue weighted by molar-refractivity contribution is -0.116. The van der Waals surface area contributed by atoms with Gasteiger partial charge in [-0.2, -0.15) is 9.78 Å². The van der Waals surface area contributed by atoms with Crippen molar-refractivity contribution >= 4 is 23.1 Å². The van der Waals surface area contributed by atoms with E-state index >= 15 is 0 Å². The van der Waals surface area contributed by atoms with E-state index in [0.29, 0.717) is 18.2 Å². The van der Waals surface area contributed by atoms with Crippen LogP contribution in [0.3, 0.4) is 0 Å². The molecule has 4 heterocycles. The van der Waals surface area contributed by atoms with E-state index in [4.69, 9.17) is 0 Å². The minimum atomic E-state index is -0.00387. The summed E-state index contributed by atoms with van der Waals surface area (Å²) >= 11 is 1.69. The zero-order chi connectivity index (χ0) is 17.7. The molecule has 128 valence electrons. The average Bonchev–Trinajstić information content (AvgIpc) is 3.09. The van der Waals surface area contributed by atoms with Crippen molar-refractivity contribution in [1.29, 1.82) is 0 Å². The van der Waals surface area contributed by atoms with E-state index in [1.54, 1.807) is 16.0 Å². The molecule has 1 unspecified atom stereocenters. The monoisotopic (exact) mass is 353 g/mol. The van der Waals surface area contributed by atoms with Crippen LogP contribution in [0.4, 0.5) is 5.82 Å². The summed E-state index contributed by atoms with van der Waals surface area (Å²) in [7, 11) is 0. The Labute approximate surface area is 149 Å². The Hall–Kier alpha value is -2.54. The summed E-state index contributed by atoms with van der Waals surface area (Å²) in [5.74, 6) is 1.21. The maximum Gasteiger partial charge on any atom is 0.252 e. The van der Waals surface area contributed by atoms with Crippen molar-refractivity contribution < 1.29 is 4.79 Å². The first kappa shape index (κ1) is 16.0. The van der Waals surface area contributed by atoms with Crippen LogP contribution < -0.4 is 5.32 Å². The van der Waals surface area contributed by atoms with Crippen LogP contribution in [-0.4, -0.2) is 25.7 Å². The molecular formula is C18H19N5OS. The molecule has 0 saturated carbocycles. The fourth-order valence-corrected chi connectivity index (χ4v) is 4.50. The summed E-state index contributed by atoms with van der Waals surface area (Å²) in [6, 6.07) is 4.02. The number of rotatable bonds is 2. The first-order valence-corrected chi connectivity index (χ1v) is 9.08. The van der Waals surface area contributed by atoms with E-state index in [0.717, 1.165) is 22.6 Å². The summed E-state index contributed by atoms with van der Waals surface area (Å²) in [6.45, 7) is 7.92. The number of hydrogen-bond donors (Lipinski definition) is 1. The first-order valence-electron chi connectivity index (χ1n) is 8.20.